The van der Waals surface area contributed by atoms with Crippen molar-refractivity contribution in [3.8, 4) is 0 Å². The Hall–Kier alpha value is -1.02. The monoisotopic (exact) mass is 230 g/mol. The van der Waals surface area contributed by atoms with Gasteiger partial charge in [-0.25, -0.2) is 0 Å². The van der Waals surface area contributed by atoms with E-state index in [-0.39, 0.29) is 0 Å². The van der Waals surface area contributed by atoms with E-state index in [4.69, 9.17) is 0 Å². The molecule has 1 fully saturated rings. The summed E-state index contributed by atoms with van der Waals surface area (Å²) in [6, 6.07) is 9.60. The van der Waals surface area contributed by atoms with Crippen LogP contribution in [0.15, 0.2) is 24.3 Å². The third kappa shape index (κ3) is 2.19. The van der Waals surface area contributed by atoms with Crippen molar-refractivity contribution < 1.29 is 0 Å². The van der Waals surface area contributed by atoms with Crippen LogP contribution in [-0.4, -0.2) is 25.7 Å². The lowest BCUT2D eigenvalue weighted by Gasteiger charge is -2.32. The summed E-state index contributed by atoms with van der Waals surface area (Å²) in [4.78, 5) is 2.63. The van der Waals surface area contributed by atoms with E-state index in [1.54, 1.807) is 0 Å². The van der Waals surface area contributed by atoms with Gasteiger partial charge in [0.1, 0.15) is 0 Å². The van der Waals surface area contributed by atoms with Crippen LogP contribution in [0.4, 0.5) is 5.69 Å². The highest BCUT2D eigenvalue weighted by atomic mass is 15.2. The van der Waals surface area contributed by atoms with Crippen LogP contribution < -0.4 is 10.2 Å². The van der Waals surface area contributed by atoms with Crippen molar-refractivity contribution in [1.82, 2.24) is 5.32 Å². The van der Waals surface area contributed by atoms with Gasteiger partial charge in [-0.15, -0.1) is 0 Å². The molecule has 92 valence electrons. The summed E-state index contributed by atoms with van der Waals surface area (Å²) < 4.78 is 0. The van der Waals surface area contributed by atoms with Gasteiger partial charge >= 0.3 is 0 Å². The summed E-state index contributed by atoms with van der Waals surface area (Å²) in [6.07, 6.45) is 3.90. The molecule has 17 heavy (non-hydrogen) atoms. The number of hydrogen-bond donors (Lipinski definition) is 1. The zero-order chi connectivity index (χ0) is 11.7. The number of para-hydroxylation sites is 1. The van der Waals surface area contributed by atoms with Gasteiger partial charge in [0.15, 0.2) is 0 Å². The van der Waals surface area contributed by atoms with Crippen LogP contribution in [-0.2, 0) is 6.42 Å². The summed E-state index contributed by atoms with van der Waals surface area (Å²) in [5.41, 5.74) is 3.02. The largest absolute Gasteiger partial charge is 0.368 e. The van der Waals surface area contributed by atoms with E-state index in [2.05, 4.69) is 41.4 Å². The van der Waals surface area contributed by atoms with E-state index in [0.717, 1.165) is 5.92 Å². The third-order valence-corrected chi connectivity index (χ3v) is 4.26. The highest BCUT2D eigenvalue weighted by Gasteiger charge is 2.27. The molecule has 2 nitrogen and oxygen atoms in total. The molecule has 1 saturated heterocycles. The SMILES string of the molecule is CC1Cc2ccccc2N1CC1CCNCC1. The van der Waals surface area contributed by atoms with Crippen LogP contribution in [0.25, 0.3) is 0 Å². The molecule has 0 aromatic heterocycles. The Morgan fingerprint density at radius 2 is 2.00 bits per heavy atom. The van der Waals surface area contributed by atoms with E-state index in [0.29, 0.717) is 6.04 Å². The number of nitrogens with one attached hydrogen (secondary N) is 1. The Morgan fingerprint density at radius 3 is 2.82 bits per heavy atom. The molecule has 2 aliphatic rings. The maximum atomic E-state index is 3.45. The average Bonchev–Trinajstić information content (AvgIpc) is 2.68. The number of piperidine rings is 1. The molecule has 0 amide bonds. The molecule has 2 heteroatoms. The van der Waals surface area contributed by atoms with Crippen molar-refractivity contribution >= 4 is 5.69 Å². The highest BCUT2D eigenvalue weighted by molar-refractivity contribution is 5.59. The van der Waals surface area contributed by atoms with Crippen LogP contribution in [0.2, 0.25) is 0 Å². The van der Waals surface area contributed by atoms with E-state index < -0.39 is 0 Å². The number of rotatable bonds is 2. The lowest BCUT2D eigenvalue weighted by Crippen LogP contribution is -2.38. The summed E-state index contributed by atoms with van der Waals surface area (Å²) in [6.45, 7) is 6.02. The molecule has 2 aliphatic heterocycles. The van der Waals surface area contributed by atoms with Gasteiger partial charge in [-0.2, -0.15) is 0 Å². The van der Waals surface area contributed by atoms with Crippen molar-refractivity contribution in [2.45, 2.75) is 32.2 Å². The second-order valence-electron chi connectivity index (χ2n) is 5.53. The van der Waals surface area contributed by atoms with E-state index in [1.807, 2.05) is 0 Å². The Balaban J connectivity index is 1.74. The van der Waals surface area contributed by atoms with Crippen molar-refractivity contribution in [1.29, 1.82) is 0 Å². The first kappa shape index (κ1) is 11.1. The summed E-state index contributed by atoms with van der Waals surface area (Å²) in [5, 5.41) is 3.45. The second kappa shape index (κ2) is 4.69. The Morgan fingerprint density at radius 1 is 1.24 bits per heavy atom. The quantitative estimate of drug-likeness (QED) is 0.839. The molecule has 0 saturated carbocycles. The fourth-order valence-corrected chi connectivity index (χ4v) is 3.25. The predicted octanol–water partition coefficient (Wildman–Crippen LogP) is 2.44. The lowest BCUT2D eigenvalue weighted by atomic mass is 9.97. The van der Waals surface area contributed by atoms with Gasteiger partial charge in [-0.3, -0.25) is 0 Å². The van der Waals surface area contributed by atoms with Crippen LogP contribution in [0.3, 0.4) is 0 Å². The lowest BCUT2D eigenvalue weighted by molar-refractivity contribution is 0.368. The Kier molecular flexibility index (Phi) is 3.06. The maximum absolute atomic E-state index is 3.45. The number of anilines is 1. The minimum atomic E-state index is 0.683. The maximum Gasteiger partial charge on any atom is 0.0402 e. The molecule has 1 aromatic rings. The number of nitrogens with zero attached hydrogens (tertiary/aromatic N) is 1. The van der Waals surface area contributed by atoms with Gasteiger partial charge in [0.05, 0.1) is 0 Å². The van der Waals surface area contributed by atoms with Crippen LogP contribution in [0.5, 0.6) is 0 Å². The van der Waals surface area contributed by atoms with Gasteiger partial charge in [0, 0.05) is 18.3 Å². The summed E-state index contributed by atoms with van der Waals surface area (Å²) in [5.74, 6) is 0.879. The Labute approximate surface area is 104 Å². The fourth-order valence-electron chi connectivity index (χ4n) is 3.25. The smallest absolute Gasteiger partial charge is 0.0402 e. The van der Waals surface area contributed by atoms with Crippen molar-refractivity contribution in [3.63, 3.8) is 0 Å². The molecular weight excluding hydrogens is 208 g/mol. The average molecular weight is 230 g/mol. The van der Waals surface area contributed by atoms with E-state index >= 15 is 0 Å². The zero-order valence-electron chi connectivity index (χ0n) is 10.7. The Bertz CT molecular complexity index is 382. The molecule has 1 unspecified atom stereocenters. The van der Waals surface area contributed by atoms with Crippen LogP contribution >= 0.6 is 0 Å². The van der Waals surface area contributed by atoms with Crippen LogP contribution in [0.1, 0.15) is 25.3 Å². The van der Waals surface area contributed by atoms with Gasteiger partial charge in [-0.05, 0) is 56.8 Å². The first-order valence-corrected chi connectivity index (χ1v) is 6.90. The molecule has 3 rings (SSSR count). The van der Waals surface area contributed by atoms with Gasteiger partial charge < -0.3 is 10.2 Å². The molecular formula is C15H22N2. The first-order valence-electron chi connectivity index (χ1n) is 6.90. The summed E-state index contributed by atoms with van der Waals surface area (Å²) >= 11 is 0. The standard InChI is InChI=1S/C15H22N2/c1-12-10-14-4-2-3-5-15(14)17(12)11-13-6-8-16-9-7-13/h2-5,12-13,16H,6-11H2,1H3. The van der Waals surface area contributed by atoms with E-state index in [1.165, 1.54) is 50.1 Å². The second-order valence-corrected chi connectivity index (χ2v) is 5.53. The van der Waals surface area contributed by atoms with Crippen molar-refractivity contribution in [3.05, 3.63) is 29.8 Å². The molecule has 1 atom stereocenters. The summed E-state index contributed by atoms with van der Waals surface area (Å²) in [7, 11) is 0. The van der Waals surface area contributed by atoms with Crippen molar-refractivity contribution in [2.24, 2.45) is 5.92 Å². The highest BCUT2D eigenvalue weighted by Crippen LogP contribution is 2.33. The normalized spacial score (nSPS) is 25.0. The first-order chi connectivity index (χ1) is 8.34. The zero-order valence-corrected chi connectivity index (χ0v) is 10.7. The van der Waals surface area contributed by atoms with E-state index in [9.17, 15) is 0 Å². The van der Waals surface area contributed by atoms with Crippen molar-refractivity contribution in [2.75, 3.05) is 24.5 Å². The fraction of sp³-hybridized carbons (Fsp3) is 0.600. The van der Waals surface area contributed by atoms with Gasteiger partial charge in [-0.1, -0.05) is 18.2 Å². The van der Waals surface area contributed by atoms with Gasteiger partial charge in [0.25, 0.3) is 0 Å². The molecule has 1 N–H and O–H groups in total. The molecule has 1 aromatic carbocycles. The topological polar surface area (TPSA) is 15.3 Å². The number of benzene rings is 1. The molecule has 2 heterocycles. The van der Waals surface area contributed by atoms with Gasteiger partial charge in [0.2, 0.25) is 0 Å². The molecule has 0 bridgehead atoms. The molecule has 0 spiro atoms. The number of fused-ring (bicyclic) bond motifs is 1. The minimum Gasteiger partial charge on any atom is -0.368 e. The van der Waals surface area contributed by atoms with Crippen LogP contribution in [0, 0.1) is 5.92 Å². The minimum absolute atomic E-state index is 0.683. The predicted molar refractivity (Wildman–Crippen MR) is 72.5 cm³/mol. The third-order valence-electron chi connectivity index (χ3n) is 4.26. The molecule has 0 radical (unpaired) electrons. The number of hydrogen-bond acceptors (Lipinski definition) is 2. The molecule has 0 aliphatic carbocycles.